The summed E-state index contributed by atoms with van der Waals surface area (Å²) in [6, 6.07) is 0. The number of hydrogen-bond donors (Lipinski definition) is 1. The summed E-state index contributed by atoms with van der Waals surface area (Å²) in [4.78, 5) is 11.8. The number of ether oxygens (including phenoxy) is 1. The van der Waals surface area contributed by atoms with Crippen molar-refractivity contribution in [2.24, 2.45) is 5.92 Å². The number of rotatable bonds is 7. The molecular formula is C12H22O3S. The van der Waals surface area contributed by atoms with E-state index in [0.29, 0.717) is 18.9 Å². The molecule has 0 aliphatic carbocycles. The van der Waals surface area contributed by atoms with Crippen LogP contribution >= 0.6 is 12.2 Å². The van der Waals surface area contributed by atoms with Crippen molar-refractivity contribution in [3.05, 3.63) is 0 Å². The van der Waals surface area contributed by atoms with Crippen LogP contribution < -0.4 is 0 Å². The van der Waals surface area contributed by atoms with Crippen LogP contribution in [-0.2, 0) is 9.53 Å². The maximum atomic E-state index is 11.8. The van der Waals surface area contributed by atoms with E-state index in [4.69, 9.17) is 17.0 Å². The van der Waals surface area contributed by atoms with Crippen LogP contribution in [0, 0.1) is 5.92 Å². The molecule has 3 nitrogen and oxygen atoms in total. The lowest BCUT2D eigenvalue weighted by atomic mass is 9.95. The maximum absolute atomic E-state index is 11.8. The number of thiocarbonyl (C=S) groups is 1. The summed E-state index contributed by atoms with van der Waals surface area (Å²) >= 11 is 4.92. The van der Waals surface area contributed by atoms with Gasteiger partial charge in [-0.05, 0) is 37.9 Å². The summed E-state index contributed by atoms with van der Waals surface area (Å²) in [6.07, 6.45) is 1.89. The molecule has 0 radical (unpaired) electrons. The third kappa shape index (κ3) is 5.03. The van der Waals surface area contributed by atoms with Crippen molar-refractivity contribution in [1.29, 1.82) is 0 Å². The highest BCUT2D eigenvalue weighted by atomic mass is 32.1. The highest BCUT2D eigenvalue weighted by molar-refractivity contribution is 7.80. The fraction of sp³-hybridized carbons (Fsp3) is 0.833. The van der Waals surface area contributed by atoms with E-state index in [1.54, 1.807) is 0 Å². The Bertz CT molecular complexity index is 247. The summed E-state index contributed by atoms with van der Waals surface area (Å²) in [6.45, 7) is 7.86. The van der Waals surface area contributed by atoms with E-state index in [1.807, 2.05) is 20.8 Å². The molecule has 0 amide bonds. The van der Waals surface area contributed by atoms with Crippen molar-refractivity contribution in [3.63, 3.8) is 0 Å². The molecule has 0 aliphatic heterocycles. The Morgan fingerprint density at radius 3 is 2.50 bits per heavy atom. The second-order valence-corrected chi connectivity index (χ2v) is 4.93. The van der Waals surface area contributed by atoms with Crippen LogP contribution in [0.2, 0.25) is 0 Å². The molecule has 0 heterocycles. The minimum Gasteiger partial charge on any atom is -0.484 e. The van der Waals surface area contributed by atoms with Gasteiger partial charge in [-0.15, -0.1) is 0 Å². The third-order valence-electron chi connectivity index (χ3n) is 2.33. The molecule has 0 aromatic carbocycles. The fourth-order valence-electron chi connectivity index (χ4n) is 1.11. The van der Waals surface area contributed by atoms with Gasteiger partial charge in [-0.25, -0.2) is 0 Å². The number of hydrogen-bond acceptors (Lipinski definition) is 4. The van der Waals surface area contributed by atoms with Gasteiger partial charge in [0.15, 0.2) is 16.4 Å². The Balaban J connectivity index is 4.28. The summed E-state index contributed by atoms with van der Waals surface area (Å²) < 4.78 is 5.14. The molecule has 0 saturated carbocycles. The lowest BCUT2D eigenvalue weighted by molar-refractivity contribution is -0.131. The molecule has 94 valence electrons. The molecule has 0 saturated heterocycles. The Morgan fingerprint density at radius 2 is 2.06 bits per heavy atom. The monoisotopic (exact) mass is 246 g/mol. The Kier molecular flexibility index (Phi) is 6.76. The first kappa shape index (κ1) is 15.5. The molecular weight excluding hydrogens is 224 g/mol. The van der Waals surface area contributed by atoms with Gasteiger partial charge in [0.1, 0.15) is 0 Å². The molecule has 16 heavy (non-hydrogen) atoms. The zero-order chi connectivity index (χ0) is 12.8. The predicted molar refractivity (Wildman–Crippen MR) is 68.5 cm³/mol. The smallest absolute Gasteiger partial charge is 0.199 e. The average Bonchev–Trinajstić information content (AvgIpc) is 2.21. The van der Waals surface area contributed by atoms with Crippen LogP contribution in [-0.4, -0.2) is 28.1 Å². The SMILES string of the molecule is CCCOC(=S)C(C)(O)C(=O)CCC(C)C. The summed E-state index contributed by atoms with van der Waals surface area (Å²) in [5, 5.41) is 9.96. The number of carbonyl (C=O) groups is 1. The van der Waals surface area contributed by atoms with Crippen LogP contribution in [0.5, 0.6) is 0 Å². The van der Waals surface area contributed by atoms with Crippen molar-refractivity contribution in [3.8, 4) is 0 Å². The molecule has 0 aliphatic rings. The Morgan fingerprint density at radius 1 is 1.50 bits per heavy atom. The van der Waals surface area contributed by atoms with E-state index in [9.17, 15) is 9.90 Å². The van der Waals surface area contributed by atoms with Crippen LogP contribution in [0.15, 0.2) is 0 Å². The first-order valence-corrected chi connectivity index (χ1v) is 6.16. The van der Waals surface area contributed by atoms with Gasteiger partial charge in [0.05, 0.1) is 6.61 Å². The maximum Gasteiger partial charge on any atom is 0.199 e. The second-order valence-electron chi connectivity index (χ2n) is 4.56. The predicted octanol–water partition coefficient (Wildman–Crippen LogP) is 2.50. The van der Waals surface area contributed by atoms with Crippen LogP contribution in [0.3, 0.4) is 0 Å². The topological polar surface area (TPSA) is 46.5 Å². The van der Waals surface area contributed by atoms with Crippen LogP contribution in [0.4, 0.5) is 0 Å². The Labute approximate surface area is 103 Å². The van der Waals surface area contributed by atoms with E-state index < -0.39 is 5.60 Å². The van der Waals surface area contributed by atoms with Gasteiger partial charge in [-0.3, -0.25) is 4.79 Å². The van der Waals surface area contributed by atoms with Crippen molar-refractivity contribution in [2.45, 2.75) is 52.6 Å². The summed E-state index contributed by atoms with van der Waals surface area (Å²) in [7, 11) is 0. The number of ketones is 1. The molecule has 1 N–H and O–H groups in total. The van der Waals surface area contributed by atoms with Crippen molar-refractivity contribution in [1.82, 2.24) is 0 Å². The fourth-order valence-corrected chi connectivity index (χ4v) is 1.31. The standard InChI is InChI=1S/C12H22O3S/c1-5-8-15-11(16)12(4,14)10(13)7-6-9(2)3/h9,14H,5-8H2,1-4H3. The van der Waals surface area contributed by atoms with Gasteiger partial charge in [0.25, 0.3) is 0 Å². The Hall–Kier alpha value is -0.480. The minimum absolute atomic E-state index is 0.0110. The van der Waals surface area contributed by atoms with Gasteiger partial charge in [0, 0.05) is 6.42 Å². The van der Waals surface area contributed by atoms with E-state index in [-0.39, 0.29) is 10.8 Å². The first-order valence-electron chi connectivity index (χ1n) is 5.75. The summed E-state index contributed by atoms with van der Waals surface area (Å²) in [5.41, 5.74) is -1.63. The van der Waals surface area contributed by atoms with E-state index in [0.717, 1.165) is 12.8 Å². The quantitative estimate of drug-likeness (QED) is 0.701. The van der Waals surface area contributed by atoms with Crippen LogP contribution in [0.1, 0.15) is 47.0 Å². The molecule has 1 atom stereocenters. The van der Waals surface area contributed by atoms with Gasteiger partial charge in [-0.2, -0.15) is 0 Å². The summed E-state index contributed by atoms with van der Waals surface area (Å²) in [5.74, 6) is 0.173. The highest BCUT2D eigenvalue weighted by Crippen LogP contribution is 2.16. The zero-order valence-electron chi connectivity index (χ0n) is 10.6. The van der Waals surface area contributed by atoms with Crippen molar-refractivity contribution >= 4 is 23.1 Å². The first-order chi connectivity index (χ1) is 7.32. The number of aliphatic hydroxyl groups is 1. The van der Waals surface area contributed by atoms with E-state index >= 15 is 0 Å². The molecule has 0 aromatic rings. The number of carbonyl (C=O) groups excluding carboxylic acids is 1. The molecule has 1 unspecified atom stereocenters. The average molecular weight is 246 g/mol. The van der Waals surface area contributed by atoms with E-state index in [1.165, 1.54) is 6.92 Å². The van der Waals surface area contributed by atoms with Gasteiger partial charge < -0.3 is 9.84 Å². The molecule has 0 bridgehead atoms. The van der Waals surface area contributed by atoms with Crippen LogP contribution in [0.25, 0.3) is 0 Å². The van der Waals surface area contributed by atoms with E-state index in [2.05, 4.69) is 0 Å². The lowest BCUT2D eigenvalue weighted by Gasteiger charge is -2.23. The molecule has 0 aromatic heterocycles. The second kappa shape index (κ2) is 6.97. The minimum atomic E-state index is -1.63. The molecule has 0 rings (SSSR count). The van der Waals surface area contributed by atoms with Gasteiger partial charge in [0.2, 0.25) is 0 Å². The van der Waals surface area contributed by atoms with Crippen molar-refractivity contribution < 1.29 is 14.6 Å². The molecule has 0 fully saturated rings. The largest absolute Gasteiger partial charge is 0.484 e. The normalized spacial score (nSPS) is 14.6. The zero-order valence-corrected chi connectivity index (χ0v) is 11.4. The third-order valence-corrected chi connectivity index (χ3v) is 2.84. The van der Waals surface area contributed by atoms with Crippen molar-refractivity contribution in [2.75, 3.05) is 6.61 Å². The van der Waals surface area contributed by atoms with Gasteiger partial charge >= 0.3 is 0 Å². The highest BCUT2D eigenvalue weighted by Gasteiger charge is 2.35. The number of Topliss-reactive ketones (excluding diaryl/α,β-unsaturated/α-hetero) is 1. The molecule has 0 spiro atoms. The lowest BCUT2D eigenvalue weighted by Crippen LogP contribution is -2.44. The molecule has 4 heteroatoms. The van der Waals surface area contributed by atoms with Gasteiger partial charge in [-0.1, -0.05) is 20.8 Å².